The standard InChI is InChI=1S/C14H16N2O/c1-17-12-8-11(9-12)15-14-7-6-10-4-2-3-5-13(10)16-14/h2-7,11-12H,8-9H2,1H3,(H,15,16). The Morgan fingerprint density at radius 1 is 1.18 bits per heavy atom. The first kappa shape index (κ1) is 10.5. The van der Waals surface area contributed by atoms with Crippen molar-refractivity contribution in [3.05, 3.63) is 36.4 Å². The Morgan fingerprint density at radius 3 is 2.82 bits per heavy atom. The summed E-state index contributed by atoms with van der Waals surface area (Å²) in [5, 5.41) is 4.63. The summed E-state index contributed by atoms with van der Waals surface area (Å²) < 4.78 is 5.26. The molecule has 0 unspecified atom stereocenters. The topological polar surface area (TPSA) is 34.1 Å². The first-order valence-corrected chi connectivity index (χ1v) is 6.00. The Balaban J connectivity index is 1.73. The highest BCUT2D eigenvalue weighted by atomic mass is 16.5. The van der Waals surface area contributed by atoms with Crippen molar-refractivity contribution in [2.24, 2.45) is 0 Å². The van der Waals surface area contributed by atoms with Gasteiger partial charge in [0.2, 0.25) is 0 Å². The van der Waals surface area contributed by atoms with Crippen molar-refractivity contribution >= 4 is 16.7 Å². The third-order valence-corrected chi connectivity index (χ3v) is 3.38. The van der Waals surface area contributed by atoms with Gasteiger partial charge in [-0.2, -0.15) is 0 Å². The number of fused-ring (bicyclic) bond motifs is 1. The van der Waals surface area contributed by atoms with Crippen molar-refractivity contribution in [1.82, 2.24) is 4.98 Å². The minimum Gasteiger partial charge on any atom is -0.381 e. The van der Waals surface area contributed by atoms with Gasteiger partial charge in [-0.05, 0) is 31.0 Å². The second kappa shape index (κ2) is 4.34. The van der Waals surface area contributed by atoms with Crippen molar-refractivity contribution in [3.8, 4) is 0 Å². The maximum Gasteiger partial charge on any atom is 0.126 e. The Hall–Kier alpha value is -1.61. The summed E-state index contributed by atoms with van der Waals surface area (Å²) in [5.41, 5.74) is 1.04. The maximum atomic E-state index is 5.26. The third-order valence-electron chi connectivity index (χ3n) is 3.38. The van der Waals surface area contributed by atoms with Gasteiger partial charge in [0, 0.05) is 18.5 Å². The molecule has 1 saturated carbocycles. The van der Waals surface area contributed by atoms with Gasteiger partial charge in [0.25, 0.3) is 0 Å². The van der Waals surface area contributed by atoms with Crippen molar-refractivity contribution in [1.29, 1.82) is 0 Å². The molecule has 1 aromatic carbocycles. The van der Waals surface area contributed by atoms with E-state index in [4.69, 9.17) is 4.74 Å². The van der Waals surface area contributed by atoms with E-state index in [-0.39, 0.29) is 0 Å². The molecule has 1 heterocycles. The highest BCUT2D eigenvalue weighted by Crippen LogP contribution is 2.26. The van der Waals surface area contributed by atoms with E-state index in [9.17, 15) is 0 Å². The maximum absolute atomic E-state index is 5.26. The molecule has 1 aromatic heterocycles. The summed E-state index contributed by atoms with van der Waals surface area (Å²) in [4.78, 5) is 4.60. The molecule has 17 heavy (non-hydrogen) atoms. The summed E-state index contributed by atoms with van der Waals surface area (Å²) >= 11 is 0. The summed E-state index contributed by atoms with van der Waals surface area (Å²) in [6, 6.07) is 12.8. The van der Waals surface area contributed by atoms with Crippen LogP contribution in [0.4, 0.5) is 5.82 Å². The monoisotopic (exact) mass is 228 g/mol. The number of anilines is 1. The summed E-state index contributed by atoms with van der Waals surface area (Å²) in [7, 11) is 1.77. The van der Waals surface area contributed by atoms with E-state index in [2.05, 4.69) is 22.4 Å². The van der Waals surface area contributed by atoms with Crippen molar-refractivity contribution < 1.29 is 4.74 Å². The van der Waals surface area contributed by atoms with E-state index in [1.54, 1.807) is 7.11 Å². The molecule has 1 fully saturated rings. The number of pyridine rings is 1. The SMILES string of the molecule is COC1CC(Nc2ccc3ccccc3n2)C1. The predicted molar refractivity (Wildman–Crippen MR) is 69.2 cm³/mol. The number of nitrogens with one attached hydrogen (secondary N) is 1. The molecule has 0 saturated heterocycles. The lowest BCUT2D eigenvalue weighted by Gasteiger charge is -2.34. The van der Waals surface area contributed by atoms with Crippen LogP contribution in [-0.4, -0.2) is 24.2 Å². The van der Waals surface area contributed by atoms with E-state index >= 15 is 0 Å². The number of hydrogen-bond acceptors (Lipinski definition) is 3. The van der Waals surface area contributed by atoms with Crippen LogP contribution in [0.3, 0.4) is 0 Å². The molecule has 88 valence electrons. The van der Waals surface area contributed by atoms with E-state index < -0.39 is 0 Å². The summed E-state index contributed by atoms with van der Waals surface area (Å²) in [6.45, 7) is 0. The van der Waals surface area contributed by atoms with Crippen molar-refractivity contribution in [2.45, 2.75) is 25.0 Å². The minimum absolute atomic E-state index is 0.424. The first-order valence-electron chi connectivity index (χ1n) is 6.00. The minimum atomic E-state index is 0.424. The molecule has 2 aromatic rings. The van der Waals surface area contributed by atoms with Crippen LogP contribution in [-0.2, 0) is 4.74 Å². The molecule has 0 spiro atoms. The third kappa shape index (κ3) is 2.11. The van der Waals surface area contributed by atoms with Gasteiger partial charge < -0.3 is 10.1 Å². The molecule has 0 bridgehead atoms. The molecule has 0 aliphatic heterocycles. The lowest BCUT2D eigenvalue weighted by Crippen LogP contribution is -2.40. The molecule has 0 radical (unpaired) electrons. The fourth-order valence-electron chi connectivity index (χ4n) is 2.23. The molecule has 3 nitrogen and oxygen atoms in total. The van der Waals surface area contributed by atoms with Gasteiger partial charge in [0.15, 0.2) is 0 Å². The van der Waals surface area contributed by atoms with Crippen molar-refractivity contribution in [2.75, 3.05) is 12.4 Å². The number of hydrogen-bond donors (Lipinski definition) is 1. The summed E-state index contributed by atoms with van der Waals surface area (Å²) in [6.07, 6.45) is 2.57. The Kier molecular flexibility index (Phi) is 2.69. The smallest absolute Gasteiger partial charge is 0.126 e. The number of nitrogens with zero attached hydrogens (tertiary/aromatic N) is 1. The molecular formula is C14H16N2O. The number of ether oxygens (including phenoxy) is 1. The quantitative estimate of drug-likeness (QED) is 0.877. The fourth-order valence-corrected chi connectivity index (χ4v) is 2.23. The zero-order valence-electron chi connectivity index (χ0n) is 9.89. The van der Waals surface area contributed by atoms with Crippen LogP contribution in [0.5, 0.6) is 0 Å². The Labute approximate surface area is 101 Å². The van der Waals surface area contributed by atoms with E-state index in [0.29, 0.717) is 12.1 Å². The molecule has 3 heteroatoms. The highest BCUT2D eigenvalue weighted by Gasteiger charge is 2.28. The van der Waals surface area contributed by atoms with Crippen LogP contribution in [0.2, 0.25) is 0 Å². The molecule has 1 aliphatic carbocycles. The Bertz CT molecular complexity index is 520. The lowest BCUT2D eigenvalue weighted by molar-refractivity contribution is 0.0328. The molecule has 0 amide bonds. The molecule has 1 aliphatic rings. The average molecular weight is 228 g/mol. The van der Waals surface area contributed by atoms with Gasteiger partial charge in [-0.25, -0.2) is 4.98 Å². The summed E-state index contributed by atoms with van der Waals surface area (Å²) in [5.74, 6) is 0.961. The second-order valence-corrected chi connectivity index (χ2v) is 4.56. The predicted octanol–water partition coefficient (Wildman–Crippen LogP) is 2.82. The van der Waals surface area contributed by atoms with Gasteiger partial charge in [0.05, 0.1) is 11.6 Å². The number of aromatic nitrogens is 1. The van der Waals surface area contributed by atoms with E-state index in [0.717, 1.165) is 24.2 Å². The van der Waals surface area contributed by atoms with E-state index in [1.165, 1.54) is 5.39 Å². The number of para-hydroxylation sites is 1. The largest absolute Gasteiger partial charge is 0.381 e. The average Bonchev–Trinajstić information content (AvgIpc) is 2.33. The highest BCUT2D eigenvalue weighted by molar-refractivity contribution is 5.80. The number of benzene rings is 1. The molecule has 0 atom stereocenters. The van der Waals surface area contributed by atoms with Crippen LogP contribution in [0.15, 0.2) is 36.4 Å². The van der Waals surface area contributed by atoms with Crippen LogP contribution in [0, 0.1) is 0 Å². The zero-order valence-corrected chi connectivity index (χ0v) is 9.89. The lowest BCUT2D eigenvalue weighted by atomic mass is 9.89. The fraction of sp³-hybridized carbons (Fsp3) is 0.357. The number of rotatable bonds is 3. The van der Waals surface area contributed by atoms with Gasteiger partial charge in [-0.3, -0.25) is 0 Å². The van der Waals surface area contributed by atoms with Gasteiger partial charge in [-0.1, -0.05) is 18.2 Å². The molecule has 1 N–H and O–H groups in total. The van der Waals surface area contributed by atoms with E-state index in [1.807, 2.05) is 24.3 Å². The van der Waals surface area contributed by atoms with Crippen molar-refractivity contribution in [3.63, 3.8) is 0 Å². The second-order valence-electron chi connectivity index (χ2n) is 4.56. The number of methoxy groups -OCH3 is 1. The van der Waals surface area contributed by atoms with Gasteiger partial charge in [0.1, 0.15) is 5.82 Å². The first-order chi connectivity index (χ1) is 8.35. The van der Waals surface area contributed by atoms with Crippen LogP contribution >= 0.6 is 0 Å². The zero-order chi connectivity index (χ0) is 11.7. The van der Waals surface area contributed by atoms with Crippen LogP contribution < -0.4 is 5.32 Å². The van der Waals surface area contributed by atoms with Gasteiger partial charge >= 0.3 is 0 Å². The molecule has 3 rings (SSSR count). The van der Waals surface area contributed by atoms with Crippen LogP contribution in [0.25, 0.3) is 10.9 Å². The van der Waals surface area contributed by atoms with Crippen LogP contribution in [0.1, 0.15) is 12.8 Å². The van der Waals surface area contributed by atoms with Gasteiger partial charge in [-0.15, -0.1) is 0 Å². The normalized spacial score (nSPS) is 23.4. The molecular weight excluding hydrogens is 212 g/mol. The Morgan fingerprint density at radius 2 is 2.00 bits per heavy atom.